The van der Waals surface area contributed by atoms with Crippen molar-refractivity contribution in [3.05, 3.63) is 18.0 Å². The summed E-state index contributed by atoms with van der Waals surface area (Å²) < 4.78 is 2.15. The number of carbonyl (C=O) groups is 1. The molecule has 1 saturated carbocycles. The number of Topliss-reactive ketones (excluding diaryl/α,β-unsaturated/α-hetero) is 1. The lowest BCUT2D eigenvalue weighted by Crippen LogP contribution is -2.13. The average Bonchev–Trinajstić information content (AvgIpc) is 2.88. The lowest BCUT2D eigenvalue weighted by atomic mass is 9.96. The van der Waals surface area contributed by atoms with Crippen molar-refractivity contribution in [2.75, 3.05) is 0 Å². The van der Waals surface area contributed by atoms with Gasteiger partial charge in [-0.2, -0.15) is 5.10 Å². The third kappa shape index (κ3) is 3.69. The third-order valence-electron chi connectivity index (χ3n) is 3.90. The van der Waals surface area contributed by atoms with Crippen LogP contribution in [0.2, 0.25) is 0 Å². The molecule has 0 unspecified atom stereocenters. The van der Waals surface area contributed by atoms with Gasteiger partial charge in [0.15, 0.2) is 0 Å². The maximum absolute atomic E-state index is 11.2. The van der Waals surface area contributed by atoms with Crippen LogP contribution in [0.1, 0.15) is 70.0 Å². The van der Waals surface area contributed by atoms with Crippen LogP contribution in [0, 0.1) is 0 Å². The second-order valence-electron chi connectivity index (χ2n) is 5.32. The van der Waals surface area contributed by atoms with Gasteiger partial charge in [0.25, 0.3) is 0 Å². The van der Waals surface area contributed by atoms with Crippen LogP contribution < -0.4 is 0 Å². The molecule has 100 valence electrons. The number of rotatable bonds is 6. The number of hydrogen-bond donors (Lipinski definition) is 0. The normalized spacial score (nSPS) is 16.9. The highest BCUT2D eigenvalue weighted by Gasteiger charge is 2.15. The van der Waals surface area contributed by atoms with Crippen molar-refractivity contribution in [1.29, 1.82) is 0 Å². The Labute approximate surface area is 110 Å². The first-order valence-electron chi connectivity index (χ1n) is 7.35. The molecule has 0 amide bonds. The van der Waals surface area contributed by atoms with Gasteiger partial charge in [0, 0.05) is 19.0 Å². The predicted octanol–water partition coefficient (Wildman–Crippen LogP) is 3.69. The van der Waals surface area contributed by atoms with Crippen molar-refractivity contribution in [3.8, 4) is 0 Å². The van der Waals surface area contributed by atoms with Gasteiger partial charge in [-0.05, 0) is 31.7 Å². The van der Waals surface area contributed by atoms with E-state index in [9.17, 15) is 4.79 Å². The molecule has 0 radical (unpaired) electrons. The molecule has 0 atom stereocenters. The number of hydrogen-bond acceptors (Lipinski definition) is 2. The fraction of sp³-hybridized carbons (Fsp3) is 0.733. The molecule has 1 aromatic rings. The van der Waals surface area contributed by atoms with Gasteiger partial charge in [0.05, 0.1) is 11.7 Å². The number of carbonyl (C=O) groups excluding carboxylic acids is 1. The second-order valence-corrected chi connectivity index (χ2v) is 5.32. The first-order valence-corrected chi connectivity index (χ1v) is 7.35. The topological polar surface area (TPSA) is 34.9 Å². The standard InChI is InChI=1S/C15H24N2O/c1-2-15(18)10-6-7-13-11-12-17(16-13)14-8-4-3-5-9-14/h11-12,14H,2-10H2,1H3. The summed E-state index contributed by atoms with van der Waals surface area (Å²) in [6.07, 6.45) is 12.0. The number of nitrogens with zero attached hydrogens (tertiary/aromatic N) is 2. The van der Waals surface area contributed by atoms with Crippen molar-refractivity contribution in [1.82, 2.24) is 9.78 Å². The zero-order valence-electron chi connectivity index (χ0n) is 11.4. The zero-order chi connectivity index (χ0) is 12.8. The molecule has 0 bridgehead atoms. The molecule has 2 rings (SSSR count). The molecule has 1 heterocycles. The molecule has 0 saturated heterocycles. The van der Waals surface area contributed by atoms with Gasteiger partial charge in [-0.1, -0.05) is 26.2 Å². The lowest BCUT2D eigenvalue weighted by Gasteiger charge is -2.21. The van der Waals surface area contributed by atoms with Crippen molar-refractivity contribution in [3.63, 3.8) is 0 Å². The number of ketones is 1. The minimum Gasteiger partial charge on any atom is -0.300 e. The Bertz CT molecular complexity index is 378. The zero-order valence-corrected chi connectivity index (χ0v) is 11.4. The van der Waals surface area contributed by atoms with Crippen LogP contribution >= 0.6 is 0 Å². The highest BCUT2D eigenvalue weighted by molar-refractivity contribution is 5.77. The van der Waals surface area contributed by atoms with Gasteiger partial charge >= 0.3 is 0 Å². The maximum atomic E-state index is 11.2. The molecule has 18 heavy (non-hydrogen) atoms. The van der Waals surface area contributed by atoms with Gasteiger partial charge in [-0.3, -0.25) is 9.48 Å². The molecule has 1 aliphatic carbocycles. The summed E-state index contributed by atoms with van der Waals surface area (Å²) in [6.45, 7) is 1.93. The summed E-state index contributed by atoms with van der Waals surface area (Å²) in [4.78, 5) is 11.2. The first kappa shape index (κ1) is 13.3. The van der Waals surface area contributed by atoms with Crippen LogP contribution in [0.3, 0.4) is 0 Å². The Kier molecular flexibility index (Phi) is 4.97. The molecule has 1 aromatic heterocycles. The quantitative estimate of drug-likeness (QED) is 0.769. The van der Waals surface area contributed by atoms with Gasteiger partial charge in [-0.25, -0.2) is 0 Å². The molecule has 3 nitrogen and oxygen atoms in total. The van der Waals surface area contributed by atoms with Crippen LogP contribution in [-0.4, -0.2) is 15.6 Å². The van der Waals surface area contributed by atoms with Gasteiger partial charge in [-0.15, -0.1) is 0 Å². The van der Waals surface area contributed by atoms with Gasteiger partial charge < -0.3 is 0 Å². The Morgan fingerprint density at radius 3 is 2.89 bits per heavy atom. The fourth-order valence-corrected chi connectivity index (χ4v) is 2.70. The van der Waals surface area contributed by atoms with Crippen LogP contribution in [0.25, 0.3) is 0 Å². The van der Waals surface area contributed by atoms with Gasteiger partial charge in [0.1, 0.15) is 5.78 Å². The largest absolute Gasteiger partial charge is 0.300 e. The first-order chi connectivity index (χ1) is 8.79. The van der Waals surface area contributed by atoms with E-state index in [0.717, 1.165) is 18.5 Å². The van der Waals surface area contributed by atoms with E-state index in [-0.39, 0.29) is 0 Å². The van der Waals surface area contributed by atoms with E-state index in [4.69, 9.17) is 0 Å². The average molecular weight is 248 g/mol. The summed E-state index contributed by atoms with van der Waals surface area (Å²) in [7, 11) is 0. The van der Waals surface area contributed by atoms with Crippen molar-refractivity contribution in [2.24, 2.45) is 0 Å². The number of aromatic nitrogens is 2. The maximum Gasteiger partial charge on any atom is 0.132 e. The van der Waals surface area contributed by atoms with Crippen molar-refractivity contribution < 1.29 is 4.79 Å². The minimum absolute atomic E-state index is 0.363. The van der Waals surface area contributed by atoms with Crippen molar-refractivity contribution in [2.45, 2.75) is 70.8 Å². The molecule has 1 fully saturated rings. The molecule has 0 aliphatic heterocycles. The SMILES string of the molecule is CCC(=O)CCCc1ccn(C2CCCCC2)n1. The fourth-order valence-electron chi connectivity index (χ4n) is 2.70. The molecule has 3 heteroatoms. The van der Waals surface area contributed by atoms with Crippen LogP contribution in [-0.2, 0) is 11.2 Å². The second kappa shape index (κ2) is 6.72. The summed E-state index contributed by atoms with van der Waals surface area (Å²) in [5.41, 5.74) is 1.14. The summed E-state index contributed by atoms with van der Waals surface area (Å²) in [5.74, 6) is 0.363. The van der Waals surface area contributed by atoms with E-state index >= 15 is 0 Å². The van der Waals surface area contributed by atoms with Crippen LogP contribution in [0.15, 0.2) is 12.3 Å². The van der Waals surface area contributed by atoms with E-state index in [1.54, 1.807) is 0 Å². The smallest absolute Gasteiger partial charge is 0.132 e. The molecular weight excluding hydrogens is 224 g/mol. The molecule has 0 aromatic carbocycles. The van der Waals surface area contributed by atoms with E-state index in [2.05, 4.69) is 22.0 Å². The Morgan fingerprint density at radius 2 is 2.17 bits per heavy atom. The Morgan fingerprint density at radius 1 is 1.39 bits per heavy atom. The Balaban J connectivity index is 1.80. The number of aryl methyl sites for hydroxylation is 1. The monoisotopic (exact) mass is 248 g/mol. The predicted molar refractivity (Wildman–Crippen MR) is 72.6 cm³/mol. The van der Waals surface area contributed by atoms with E-state index < -0.39 is 0 Å². The highest BCUT2D eigenvalue weighted by Crippen LogP contribution is 2.27. The molecule has 0 N–H and O–H groups in total. The van der Waals surface area contributed by atoms with Crippen molar-refractivity contribution >= 4 is 5.78 Å². The summed E-state index contributed by atoms with van der Waals surface area (Å²) in [5, 5.41) is 4.66. The lowest BCUT2D eigenvalue weighted by molar-refractivity contribution is -0.118. The minimum atomic E-state index is 0.363. The van der Waals surface area contributed by atoms with E-state index in [1.165, 1.54) is 32.1 Å². The summed E-state index contributed by atoms with van der Waals surface area (Å²) in [6, 6.07) is 2.73. The van der Waals surface area contributed by atoms with E-state index in [1.807, 2.05) is 6.92 Å². The van der Waals surface area contributed by atoms with Crippen LogP contribution in [0.4, 0.5) is 0 Å². The van der Waals surface area contributed by atoms with Gasteiger partial charge in [0.2, 0.25) is 0 Å². The highest BCUT2D eigenvalue weighted by atomic mass is 16.1. The molecule has 1 aliphatic rings. The van der Waals surface area contributed by atoms with E-state index in [0.29, 0.717) is 24.7 Å². The Hall–Kier alpha value is -1.12. The third-order valence-corrected chi connectivity index (χ3v) is 3.90. The van der Waals surface area contributed by atoms with Crippen LogP contribution in [0.5, 0.6) is 0 Å². The molecule has 0 spiro atoms. The summed E-state index contributed by atoms with van der Waals surface area (Å²) >= 11 is 0. The molecular formula is C15H24N2O.